The summed E-state index contributed by atoms with van der Waals surface area (Å²) in [7, 11) is 1.92. The number of hydrogen-bond acceptors (Lipinski definition) is 2. The fraction of sp³-hybridized carbons (Fsp3) is 0.0667. The molecular formula is C15H12N4. The Bertz CT molecular complexity index is 785. The first-order chi connectivity index (χ1) is 9.29. The van der Waals surface area contributed by atoms with E-state index in [1.165, 1.54) is 0 Å². The highest BCUT2D eigenvalue weighted by atomic mass is 15.1. The van der Waals surface area contributed by atoms with Gasteiger partial charge in [0.05, 0.1) is 16.6 Å². The lowest BCUT2D eigenvalue weighted by atomic mass is 10.2. The Morgan fingerprint density at radius 1 is 1.32 bits per heavy atom. The number of rotatable bonds is 2. The molecule has 0 saturated heterocycles. The molecule has 0 atom stereocenters. The Hall–Kier alpha value is -2.80. The summed E-state index contributed by atoms with van der Waals surface area (Å²) < 4.78 is 1.94. The molecular weight excluding hydrogens is 236 g/mol. The van der Waals surface area contributed by atoms with Crippen LogP contribution in [0.4, 0.5) is 0 Å². The van der Waals surface area contributed by atoms with Gasteiger partial charge in [0.1, 0.15) is 6.07 Å². The lowest BCUT2D eigenvalue weighted by Gasteiger charge is -2.00. The van der Waals surface area contributed by atoms with Gasteiger partial charge in [-0.15, -0.1) is 0 Å². The van der Waals surface area contributed by atoms with Crippen LogP contribution in [0.2, 0.25) is 0 Å². The quantitative estimate of drug-likeness (QED) is 0.709. The van der Waals surface area contributed by atoms with Gasteiger partial charge in [-0.3, -0.25) is 0 Å². The van der Waals surface area contributed by atoms with Gasteiger partial charge < -0.3 is 9.55 Å². The van der Waals surface area contributed by atoms with E-state index >= 15 is 0 Å². The molecule has 2 aromatic heterocycles. The molecule has 0 bridgehead atoms. The van der Waals surface area contributed by atoms with Crippen LogP contribution in [-0.4, -0.2) is 14.5 Å². The Labute approximate surface area is 110 Å². The number of aromatic nitrogens is 3. The maximum absolute atomic E-state index is 9.34. The molecule has 0 radical (unpaired) electrons. The molecule has 1 N–H and O–H groups in total. The molecule has 0 amide bonds. The molecule has 0 spiro atoms. The van der Waals surface area contributed by atoms with Crippen molar-refractivity contribution >= 4 is 22.7 Å². The largest absolute Gasteiger partial charge is 0.362 e. The van der Waals surface area contributed by atoms with Gasteiger partial charge in [-0.1, -0.05) is 12.1 Å². The summed E-state index contributed by atoms with van der Waals surface area (Å²) in [5.41, 5.74) is 3.35. The Morgan fingerprint density at radius 3 is 2.84 bits per heavy atom. The zero-order valence-electron chi connectivity index (χ0n) is 10.5. The zero-order chi connectivity index (χ0) is 13.2. The Morgan fingerprint density at radius 2 is 2.16 bits per heavy atom. The number of nitriles is 1. The lowest BCUT2D eigenvalue weighted by molar-refractivity contribution is 0.925. The minimum Gasteiger partial charge on any atom is -0.362 e. The maximum Gasteiger partial charge on any atom is 0.151 e. The van der Waals surface area contributed by atoms with Crippen LogP contribution in [0.3, 0.4) is 0 Å². The van der Waals surface area contributed by atoms with E-state index in [9.17, 15) is 5.26 Å². The fourth-order valence-electron chi connectivity index (χ4n) is 2.12. The number of nitrogens with one attached hydrogen (secondary N) is 1. The molecule has 19 heavy (non-hydrogen) atoms. The van der Waals surface area contributed by atoms with Crippen molar-refractivity contribution in [2.24, 2.45) is 7.05 Å². The van der Waals surface area contributed by atoms with Gasteiger partial charge in [0, 0.05) is 18.9 Å². The number of aryl methyl sites for hydroxylation is 1. The van der Waals surface area contributed by atoms with Crippen LogP contribution in [0, 0.1) is 11.3 Å². The van der Waals surface area contributed by atoms with Gasteiger partial charge in [-0.05, 0) is 30.3 Å². The summed E-state index contributed by atoms with van der Waals surface area (Å²) >= 11 is 0. The third kappa shape index (κ3) is 1.91. The number of benzene rings is 1. The zero-order valence-corrected chi connectivity index (χ0v) is 10.5. The first-order valence-electron chi connectivity index (χ1n) is 5.96. The third-order valence-corrected chi connectivity index (χ3v) is 3.07. The van der Waals surface area contributed by atoms with E-state index in [0.717, 1.165) is 16.7 Å². The second kappa shape index (κ2) is 4.46. The second-order valence-corrected chi connectivity index (χ2v) is 4.28. The van der Waals surface area contributed by atoms with E-state index in [0.29, 0.717) is 11.4 Å². The highest BCUT2D eigenvalue weighted by molar-refractivity contribution is 5.90. The van der Waals surface area contributed by atoms with Gasteiger partial charge in [0.2, 0.25) is 0 Å². The molecule has 0 unspecified atom stereocenters. The summed E-state index contributed by atoms with van der Waals surface area (Å²) in [6.07, 6.45) is 3.64. The van der Waals surface area contributed by atoms with E-state index in [4.69, 9.17) is 0 Å². The standard InChI is InChI=1S/C15H12N4/c1-19-14-7-3-2-6-13(14)18-15(19)11(10-16)9-12-5-4-8-17-12/h2-9,17H,1H3/b11-9+. The third-order valence-electron chi connectivity index (χ3n) is 3.07. The van der Waals surface area contributed by atoms with Crippen LogP contribution >= 0.6 is 0 Å². The van der Waals surface area contributed by atoms with Crippen molar-refractivity contribution in [3.63, 3.8) is 0 Å². The summed E-state index contributed by atoms with van der Waals surface area (Å²) in [5.74, 6) is 0.679. The summed E-state index contributed by atoms with van der Waals surface area (Å²) in [5, 5.41) is 9.34. The predicted molar refractivity (Wildman–Crippen MR) is 75.0 cm³/mol. The smallest absolute Gasteiger partial charge is 0.151 e. The Balaban J connectivity index is 2.18. The average Bonchev–Trinajstić information content (AvgIpc) is 3.05. The number of fused-ring (bicyclic) bond motifs is 1. The minimum atomic E-state index is 0.543. The molecule has 92 valence electrons. The topological polar surface area (TPSA) is 57.4 Å². The number of hydrogen-bond donors (Lipinski definition) is 1. The number of para-hydroxylation sites is 2. The number of aromatic amines is 1. The van der Waals surface area contributed by atoms with Crippen LogP contribution in [0.15, 0.2) is 42.6 Å². The van der Waals surface area contributed by atoms with Crippen LogP contribution < -0.4 is 0 Å². The first-order valence-corrected chi connectivity index (χ1v) is 5.96. The molecule has 1 aromatic carbocycles. The molecule has 0 aliphatic carbocycles. The molecule has 3 rings (SSSR count). The molecule has 2 heterocycles. The minimum absolute atomic E-state index is 0.543. The van der Waals surface area contributed by atoms with Crippen LogP contribution in [0.1, 0.15) is 11.5 Å². The van der Waals surface area contributed by atoms with Gasteiger partial charge in [0.15, 0.2) is 5.82 Å². The number of H-pyrrole nitrogens is 1. The van der Waals surface area contributed by atoms with E-state index in [2.05, 4.69) is 16.0 Å². The highest BCUT2D eigenvalue weighted by Crippen LogP contribution is 2.21. The maximum atomic E-state index is 9.34. The lowest BCUT2D eigenvalue weighted by Crippen LogP contribution is -1.96. The molecule has 4 nitrogen and oxygen atoms in total. The first kappa shape index (κ1) is 11.3. The SMILES string of the molecule is Cn1c(/C(C#N)=C/c2ccc[nH]2)nc2ccccc21. The van der Waals surface area contributed by atoms with Crippen LogP contribution in [0.5, 0.6) is 0 Å². The molecule has 0 fully saturated rings. The van der Waals surface area contributed by atoms with Gasteiger partial charge >= 0.3 is 0 Å². The fourth-order valence-corrected chi connectivity index (χ4v) is 2.12. The van der Waals surface area contributed by atoms with Crippen LogP contribution in [-0.2, 0) is 7.05 Å². The highest BCUT2D eigenvalue weighted by Gasteiger charge is 2.11. The Kier molecular flexibility index (Phi) is 2.66. The molecule has 3 aromatic rings. The van der Waals surface area contributed by atoms with Crippen molar-refractivity contribution in [3.8, 4) is 6.07 Å². The van der Waals surface area contributed by atoms with Crippen LogP contribution in [0.25, 0.3) is 22.7 Å². The van der Waals surface area contributed by atoms with Gasteiger partial charge in [0.25, 0.3) is 0 Å². The van der Waals surface area contributed by atoms with Crippen molar-refractivity contribution in [2.75, 3.05) is 0 Å². The molecule has 0 saturated carbocycles. The van der Waals surface area contributed by atoms with Crippen molar-refractivity contribution in [1.29, 1.82) is 5.26 Å². The monoisotopic (exact) mass is 248 g/mol. The van der Waals surface area contributed by atoms with Crippen molar-refractivity contribution < 1.29 is 0 Å². The summed E-state index contributed by atoms with van der Waals surface area (Å²) in [6, 6.07) is 13.9. The second-order valence-electron chi connectivity index (χ2n) is 4.28. The summed E-state index contributed by atoms with van der Waals surface area (Å²) in [4.78, 5) is 7.58. The van der Waals surface area contributed by atoms with Crippen molar-refractivity contribution in [3.05, 3.63) is 54.1 Å². The summed E-state index contributed by atoms with van der Waals surface area (Å²) in [6.45, 7) is 0. The average molecular weight is 248 g/mol. The van der Waals surface area contributed by atoms with Crippen molar-refractivity contribution in [1.82, 2.24) is 14.5 Å². The number of nitrogens with zero attached hydrogens (tertiary/aromatic N) is 3. The molecule has 4 heteroatoms. The molecule has 0 aliphatic heterocycles. The predicted octanol–water partition coefficient (Wildman–Crippen LogP) is 2.97. The van der Waals surface area contributed by atoms with E-state index in [1.807, 2.05) is 54.2 Å². The van der Waals surface area contributed by atoms with Gasteiger partial charge in [-0.25, -0.2) is 4.98 Å². The van der Waals surface area contributed by atoms with Gasteiger partial charge in [-0.2, -0.15) is 5.26 Å². The molecule has 0 aliphatic rings. The normalized spacial score (nSPS) is 11.7. The van der Waals surface area contributed by atoms with E-state index < -0.39 is 0 Å². The number of imidazole rings is 1. The van der Waals surface area contributed by atoms with E-state index in [1.54, 1.807) is 6.08 Å². The van der Waals surface area contributed by atoms with E-state index in [-0.39, 0.29) is 0 Å². The van der Waals surface area contributed by atoms with Crippen molar-refractivity contribution in [2.45, 2.75) is 0 Å². The number of allylic oxidation sites excluding steroid dienone is 1.